The van der Waals surface area contributed by atoms with E-state index >= 15 is 0 Å². The van der Waals surface area contributed by atoms with Gasteiger partial charge in [-0.3, -0.25) is 32.8 Å². The smallest absolute Gasteiger partial charge is 0.756 e. The number of ether oxygens (including phenoxy) is 2. The number of hydrogen-bond donors (Lipinski definition) is 9. The van der Waals surface area contributed by atoms with E-state index in [1.54, 1.807) is 0 Å². The fourth-order valence-electron chi connectivity index (χ4n) is 4.24. The number of imidazole rings is 1. The Bertz CT molecular complexity index is 1490. The van der Waals surface area contributed by atoms with Crippen LogP contribution in [0.25, 0.3) is 11.2 Å². The van der Waals surface area contributed by atoms with E-state index in [-0.39, 0.29) is 76.2 Å². The molecule has 4 rings (SSSR count). The molecule has 11 atom stereocenters. The number of carbonyl (C=O) groups excluding carboxylic acids is 1. The molecule has 2 aliphatic heterocycles. The molecule has 0 aliphatic carbocycles. The number of nitrogens with one attached hydrogen (secondary N) is 2. The normalized spacial score (nSPS) is 32.6. The third-order valence-corrected chi connectivity index (χ3v) is 9.06. The molecule has 2 fully saturated rings. The molecule has 45 heavy (non-hydrogen) atoms. The van der Waals surface area contributed by atoms with Crippen molar-refractivity contribution >= 4 is 51.3 Å². The topological polar surface area (TPSA) is 346 Å². The van der Waals surface area contributed by atoms with Crippen LogP contribution in [0.4, 0.5) is 5.95 Å². The summed E-state index contributed by atoms with van der Waals surface area (Å²) in [5, 5.41) is 52.6. The minimum Gasteiger partial charge on any atom is -0.756 e. The first-order chi connectivity index (χ1) is 20.1. The Labute approximate surface area is 301 Å². The van der Waals surface area contributed by atoms with Crippen LogP contribution in [0.15, 0.2) is 11.1 Å². The summed E-state index contributed by atoms with van der Waals surface area (Å²) in [6, 6.07) is -1.80. The van der Waals surface area contributed by atoms with E-state index in [4.69, 9.17) is 15.2 Å². The average Bonchev–Trinajstić information content (AvgIpc) is 3.46. The first-order valence-corrected chi connectivity index (χ1v) is 15.6. The Kier molecular flexibility index (Phi) is 15.1. The summed E-state index contributed by atoms with van der Waals surface area (Å²) in [5.41, 5.74) is 4.48. The van der Waals surface area contributed by atoms with E-state index in [9.17, 15) is 54.0 Å². The summed E-state index contributed by atoms with van der Waals surface area (Å²) in [6.07, 6.45) is -13.2. The number of aliphatic hydroxyl groups excluding tert-OH is 5. The third kappa shape index (κ3) is 9.56. The maximum absolute atomic E-state index is 12.4. The molecule has 0 radical (unpaired) electrons. The standard InChI is InChI=1S/C18H28N6O16P2S.2Na/c19-18-22-14-9(15(31)23-18)20-4-24(14)16-13(30)11(28)6(37-16)2-36-41(32,33)40-42(34,35)39-17-8(21-7(26)3-43)12(29)10(27)5(1-25)38-17;;/h4-6,8,10-13,16-17,25,27-30,43H,1-3H2,(H,21,26)(H,32,33)(H,34,35)(H3,19,22,23,31);;/q;2*+1/p-2. The number of phosphoric acid groups is 2. The van der Waals surface area contributed by atoms with E-state index in [1.165, 1.54) is 0 Å². The van der Waals surface area contributed by atoms with Crippen LogP contribution < -0.4 is 85.5 Å². The van der Waals surface area contributed by atoms with Crippen molar-refractivity contribution in [3.05, 3.63) is 16.7 Å². The van der Waals surface area contributed by atoms with E-state index in [1.807, 2.05) is 0 Å². The average molecular weight is 722 g/mol. The minimum atomic E-state index is -5.97. The van der Waals surface area contributed by atoms with E-state index in [2.05, 4.69) is 46.3 Å². The van der Waals surface area contributed by atoms with Crippen molar-refractivity contribution in [2.45, 2.75) is 55.2 Å². The van der Waals surface area contributed by atoms with Crippen LogP contribution in [0.3, 0.4) is 0 Å². The second-order valence-corrected chi connectivity index (χ2v) is 12.4. The number of aromatic nitrogens is 4. The van der Waals surface area contributed by atoms with Crippen LogP contribution in [-0.4, -0.2) is 119 Å². The number of H-pyrrole nitrogens is 1. The predicted octanol–water partition coefficient (Wildman–Crippen LogP) is -11.8. The van der Waals surface area contributed by atoms with E-state index in [0.717, 1.165) is 10.9 Å². The Morgan fingerprint density at radius 1 is 1.11 bits per heavy atom. The summed E-state index contributed by atoms with van der Waals surface area (Å²) >= 11 is 3.71. The van der Waals surface area contributed by atoms with Crippen LogP contribution in [0.1, 0.15) is 6.23 Å². The number of nitrogens with two attached hydrogens (primary N) is 1. The molecule has 9 N–H and O–H groups in total. The van der Waals surface area contributed by atoms with Gasteiger partial charge in [-0.2, -0.15) is 17.6 Å². The monoisotopic (exact) mass is 722 g/mol. The number of nitrogens with zero attached hydrogens (tertiary/aromatic N) is 3. The van der Waals surface area contributed by atoms with Gasteiger partial charge in [0.1, 0.15) is 42.7 Å². The molecule has 0 spiro atoms. The van der Waals surface area contributed by atoms with Crippen molar-refractivity contribution in [3.63, 3.8) is 0 Å². The van der Waals surface area contributed by atoms with Gasteiger partial charge in [-0.15, -0.1) is 0 Å². The molecule has 0 aromatic carbocycles. The quantitative estimate of drug-likeness (QED) is 0.0590. The second-order valence-electron chi connectivity index (χ2n) is 9.16. The fourth-order valence-corrected chi connectivity index (χ4v) is 6.42. The van der Waals surface area contributed by atoms with Crippen LogP contribution in [-0.2, 0) is 36.8 Å². The van der Waals surface area contributed by atoms with Gasteiger partial charge in [0.2, 0.25) is 11.9 Å². The first-order valence-electron chi connectivity index (χ1n) is 12.0. The molecule has 22 nitrogen and oxygen atoms in total. The molecular weight excluding hydrogens is 696 g/mol. The van der Waals surface area contributed by atoms with Gasteiger partial charge in [-0.05, 0) is 0 Å². The van der Waals surface area contributed by atoms with Gasteiger partial charge < -0.3 is 60.4 Å². The van der Waals surface area contributed by atoms with Gasteiger partial charge in [0, 0.05) is 0 Å². The summed E-state index contributed by atoms with van der Waals surface area (Å²) in [6.45, 7) is -2.04. The molecule has 27 heteroatoms. The maximum Gasteiger partial charge on any atom is 1.00 e. The number of anilines is 1. The van der Waals surface area contributed by atoms with E-state index in [0.29, 0.717) is 0 Å². The number of fused-ring (bicyclic) bond motifs is 1. The first kappa shape index (κ1) is 41.1. The number of hydrogen-bond acceptors (Lipinski definition) is 20. The molecular formula is C18H26N6Na2O16P2S. The minimum absolute atomic E-state index is 0. The van der Waals surface area contributed by atoms with Crippen molar-refractivity contribution in [1.82, 2.24) is 24.8 Å². The molecule has 2 aliphatic rings. The van der Waals surface area contributed by atoms with Crippen molar-refractivity contribution < 1.29 is 131 Å². The van der Waals surface area contributed by atoms with Crippen LogP contribution in [0, 0.1) is 0 Å². The summed E-state index contributed by atoms with van der Waals surface area (Å²) in [4.78, 5) is 58.5. The molecule has 242 valence electrons. The molecule has 11 unspecified atom stereocenters. The second kappa shape index (κ2) is 16.6. The zero-order chi connectivity index (χ0) is 31.9. The number of amides is 1. The zero-order valence-electron chi connectivity index (χ0n) is 23.4. The summed E-state index contributed by atoms with van der Waals surface area (Å²) < 4.78 is 49.4. The number of thiol groups is 1. The maximum atomic E-state index is 12.4. The Balaban J connectivity index is 0.00000353. The number of carbonyl (C=O) groups is 1. The van der Waals surface area contributed by atoms with Gasteiger partial charge in [0.25, 0.3) is 21.2 Å². The fraction of sp³-hybridized carbons (Fsp3) is 0.667. The molecule has 4 heterocycles. The largest absolute Gasteiger partial charge is 1.00 e. The summed E-state index contributed by atoms with van der Waals surface area (Å²) in [7, 11) is -11.8. The van der Waals surface area contributed by atoms with Crippen LogP contribution in [0.2, 0.25) is 0 Å². The van der Waals surface area contributed by atoms with Crippen LogP contribution >= 0.6 is 28.3 Å². The van der Waals surface area contributed by atoms with Crippen molar-refractivity contribution in [3.8, 4) is 0 Å². The SMILES string of the molecule is Nc1nc2c(ncn2C2OC(COP(=O)([O-])OP(=O)([O-])OC3OC(CO)C(O)C(O)C3NC(=O)CS)C(O)C2O)c(=O)[nH]1.[Na+].[Na+]. The van der Waals surface area contributed by atoms with Gasteiger partial charge >= 0.3 is 59.1 Å². The number of aromatic amines is 1. The van der Waals surface area contributed by atoms with Gasteiger partial charge in [0.05, 0.1) is 25.3 Å². The Morgan fingerprint density at radius 2 is 1.76 bits per heavy atom. The number of rotatable bonds is 11. The van der Waals surface area contributed by atoms with Crippen molar-refractivity contribution in [2.75, 3.05) is 24.7 Å². The van der Waals surface area contributed by atoms with Crippen molar-refractivity contribution in [2.24, 2.45) is 0 Å². The van der Waals surface area contributed by atoms with Gasteiger partial charge in [-0.1, -0.05) is 0 Å². The van der Waals surface area contributed by atoms with Crippen LogP contribution in [0.5, 0.6) is 0 Å². The predicted molar refractivity (Wildman–Crippen MR) is 135 cm³/mol. The Hall–Kier alpha value is -0.0500. The zero-order valence-corrected chi connectivity index (χ0v) is 30.1. The molecule has 2 aromatic rings. The van der Waals surface area contributed by atoms with Crippen molar-refractivity contribution in [1.29, 1.82) is 0 Å². The summed E-state index contributed by atoms with van der Waals surface area (Å²) in [5.74, 6) is -1.62. The third-order valence-electron chi connectivity index (χ3n) is 6.24. The molecule has 0 bridgehead atoms. The van der Waals surface area contributed by atoms with Gasteiger partial charge in [0.15, 0.2) is 23.7 Å². The van der Waals surface area contributed by atoms with Gasteiger partial charge in [-0.25, -0.2) is 9.29 Å². The number of aliphatic hydroxyl groups is 5. The molecule has 0 saturated carbocycles. The number of phosphoric ester groups is 2. The number of nitrogen functional groups attached to an aromatic ring is 1. The molecule has 2 saturated heterocycles. The molecule has 2 aromatic heterocycles. The Morgan fingerprint density at radius 3 is 2.38 bits per heavy atom. The molecule has 1 amide bonds. The van der Waals surface area contributed by atoms with E-state index < -0.39 is 101 Å².